The first-order chi connectivity index (χ1) is 5.36. The second kappa shape index (κ2) is 2.77. The van der Waals surface area contributed by atoms with E-state index >= 15 is 0 Å². The lowest BCUT2D eigenvalue weighted by Gasteiger charge is -2.02. The molecule has 1 heterocycles. The second-order valence-corrected chi connectivity index (χ2v) is 3.35. The summed E-state index contributed by atoms with van der Waals surface area (Å²) in [6.45, 7) is 0. The van der Waals surface area contributed by atoms with Gasteiger partial charge in [-0.25, -0.2) is 9.97 Å². The number of nitrogens with zero attached hydrogens (tertiary/aromatic N) is 2. The fraction of sp³-hybridized carbons (Fsp3) is 0.429. The molecule has 1 aromatic heterocycles. The van der Waals surface area contributed by atoms with E-state index in [0.29, 0.717) is 12.0 Å². The Bertz CT molecular complexity index is 262. The van der Waals surface area contributed by atoms with Crippen LogP contribution in [0.15, 0.2) is 17.0 Å². The van der Waals surface area contributed by atoms with E-state index < -0.39 is 0 Å². The molecule has 1 saturated carbocycles. The summed E-state index contributed by atoms with van der Waals surface area (Å²) in [5.74, 6) is 0.655. The minimum atomic E-state index is 0.390. The molecule has 2 rings (SSSR count). The van der Waals surface area contributed by atoms with Crippen molar-refractivity contribution in [1.82, 2.24) is 9.97 Å². The van der Waals surface area contributed by atoms with E-state index in [2.05, 4.69) is 25.9 Å². The third-order valence-corrected chi connectivity index (χ3v) is 1.98. The normalized spacial score (nSPS) is 16.5. The Kier molecular flexibility index (Phi) is 1.77. The first kappa shape index (κ1) is 7.03. The van der Waals surface area contributed by atoms with Gasteiger partial charge >= 0.3 is 0 Å². The van der Waals surface area contributed by atoms with Gasteiger partial charge in [0.15, 0.2) is 0 Å². The van der Waals surface area contributed by atoms with Crippen LogP contribution in [0, 0.1) is 0 Å². The van der Waals surface area contributed by atoms with Crippen LogP contribution in [-0.2, 0) is 0 Å². The van der Waals surface area contributed by atoms with Crippen LogP contribution in [0.3, 0.4) is 0 Å². The van der Waals surface area contributed by atoms with Gasteiger partial charge < -0.3 is 4.74 Å². The van der Waals surface area contributed by atoms with E-state index in [9.17, 15) is 0 Å². The van der Waals surface area contributed by atoms with Gasteiger partial charge in [0.05, 0.1) is 4.47 Å². The highest BCUT2D eigenvalue weighted by Crippen LogP contribution is 2.29. The van der Waals surface area contributed by atoms with Crippen molar-refractivity contribution in [3.63, 3.8) is 0 Å². The monoisotopic (exact) mass is 214 g/mol. The molecule has 0 unspecified atom stereocenters. The summed E-state index contributed by atoms with van der Waals surface area (Å²) < 4.78 is 6.28. The maximum Gasteiger partial charge on any atom is 0.231 e. The van der Waals surface area contributed by atoms with Gasteiger partial charge in [-0.15, -0.1) is 0 Å². The maximum atomic E-state index is 5.46. The zero-order chi connectivity index (χ0) is 7.68. The van der Waals surface area contributed by atoms with E-state index in [1.54, 1.807) is 6.20 Å². The molecule has 1 aliphatic carbocycles. The molecular weight excluding hydrogens is 208 g/mol. The lowest BCUT2D eigenvalue weighted by atomic mass is 10.6. The fourth-order valence-electron chi connectivity index (χ4n) is 0.732. The lowest BCUT2D eigenvalue weighted by molar-refractivity contribution is 0.288. The fourth-order valence-corrected chi connectivity index (χ4v) is 1.05. The molecular formula is C7H7BrN2O. The van der Waals surface area contributed by atoms with E-state index in [1.807, 2.05) is 0 Å². The third kappa shape index (κ3) is 1.68. The van der Waals surface area contributed by atoms with Gasteiger partial charge in [0.25, 0.3) is 0 Å². The molecule has 0 saturated heterocycles. The van der Waals surface area contributed by atoms with Crippen molar-refractivity contribution in [3.05, 3.63) is 17.0 Å². The number of halogens is 1. The summed E-state index contributed by atoms with van der Waals surface area (Å²) in [7, 11) is 0. The van der Waals surface area contributed by atoms with Crippen LogP contribution in [-0.4, -0.2) is 16.1 Å². The topological polar surface area (TPSA) is 35.0 Å². The first-order valence-electron chi connectivity index (χ1n) is 3.48. The van der Waals surface area contributed by atoms with Crippen LogP contribution < -0.4 is 4.74 Å². The highest BCUT2D eigenvalue weighted by molar-refractivity contribution is 9.10. The standard InChI is InChI=1S/C7H7BrN2O/c8-6-3-9-4-10-7(6)11-5-1-2-5/h3-5H,1-2H2. The van der Waals surface area contributed by atoms with Gasteiger partial charge in [-0.1, -0.05) is 0 Å². The highest BCUT2D eigenvalue weighted by atomic mass is 79.9. The van der Waals surface area contributed by atoms with Crippen molar-refractivity contribution < 1.29 is 4.74 Å². The quantitative estimate of drug-likeness (QED) is 0.754. The van der Waals surface area contributed by atoms with Crippen LogP contribution in [0.1, 0.15) is 12.8 Å². The average Bonchev–Trinajstić information content (AvgIpc) is 2.78. The Labute approximate surface area is 72.9 Å². The lowest BCUT2D eigenvalue weighted by Crippen LogP contribution is -1.98. The van der Waals surface area contributed by atoms with Crippen molar-refractivity contribution in [2.24, 2.45) is 0 Å². The minimum Gasteiger partial charge on any atom is -0.473 e. The number of ether oxygens (including phenoxy) is 1. The van der Waals surface area contributed by atoms with Crippen LogP contribution in [0.2, 0.25) is 0 Å². The summed E-state index contributed by atoms with van der Waals surface area (Å²) in [5.41, 5.74) is 0. The molecule has 1 aliphatic rings. The van der Waals surface area contributed by atoms with Gasteiger partial charge in [0.1, 0.15) is 12.4 Å². The van der Waals surface area contributed by atoms with Crippen LogP contribution in [0.25, 0.3) is 0 Å². The first-order valence-corrected chi connectivity index (χ1v) is 4.28. The molecule has 0 atom stereocenters. The van der Waals surface area contributed by atoms with Gasteiger partial charge in [-0.3, -0.25) is 0 Å². The molecule has 0 spiro atoms. The zero-order valence-electron chi connectivity index (χ0n) is 5.83. The van der Waals surface area contributed by atoms with E-state index in [-0.39, 0.29) is 0 Å². The largest absolute Gasteiger partial charge is 0.473 e. The number of hydrogen-bond acceptors (Lipinski definition) is 3. The Morgan fingerprint density at radius 3 is 3.00 bits per heavy atom. The molecule has 11 heavy (non-hydrogen) atoms. The van der Waals surface area contributed by atoms with Crippen molar-refractivity contribution in [2.75, 3.05) is 0 Å². The van der Waals surface area contributed by atoms with E-state index in [4.69, 9.17) is 4.74 Å². The molecule has 0 radical (unpaired) electrons. The van der Waals surface area contributed by atoms with Crippen molar-refractivity contribution in [1.29, 1.82) is 0 Å². The molecule has 4 heteroatoms. The Morgan fingerprint density at radius 2 is 2.36 bits per heavy atom. The van der Waals surface area contributed by atoms with Gasteiger partial charge in [-0.05, 0) is 28.8 Å². The predicted molar refractivity (Wildman–Crippen MR) is 43.4 cm³/mol. The molecule has 0 aliphatic heterocycles. The van der Waals surface area contributed by atoms with Crippen LogP contribution in [0.4, 0.5) is 0 Å². The molecule has 0 aromatic carbocycles. The average molecular weight is 215 g/mol. The summed E-state index contributed by atoms with van der Waals surface area (Å²) in [6, 6.07) is 0. The van der Waals surface area contributed by atoms with Gasteiger partial charge in [0, 0.05) is 6.20 Å². The number of hydrogen-bond donors (Lipinski definition) is 0. The summed E-state index contributed by atoms with van der Waals surface area (Å²) in [5, 5.41) is 0. The third-order valence-electron chi connectivity index (χ3n) is 1.44. The molecule has 58 valence electrons. The van der Waals surface area contributed by atoms with Gasteiger partial charge in [-0.2, -0.15) is 0 Å². The number of rotatable bonds is 2. The second-order valence-electron chi connectivity index (χ2n) is 2.49. The Hall–Kier alpha value is -0.640. The summed E-state index contributed by atoms with van der Waals surface area (Å²) >= 11 is 3.30. The summed E-state index contributed by atoms with van der Waals surface area (Å²) in [6.07, 6.45) is 5.86. The van der Waals surface area contributed by atoms with Gasteiger partial charge in [0.2, 0.25) is 5.88 Å². The van der Waals surface area contributed by atoms with Crippen molar-refractivity contribution >= 4 is 15.9 Å². The Balaban J connectivity index is 2.15. The van der Waals surface area contributed by atoms with Crippen molar-refractivity contribution in [3.8, 4) is 5.88 Å². The van der Waals surface area contributed by atoms with E-state index in [1.165, 1.54) is 6.33 Å². The molecule has 1 fully saturated rings. The van der Waals surface area contributed by atoms with Crippen LogP contribution >= 0.6 is 15.9 Å². The molecule has 0 N–H and O–H groups in total. The zero-order valence-corrected chi connectivity index (χ0v) is 7.41. The molecule has 0 bridgehead atoms. The molecule has 3 nitrogen and oxygen atoms in total. The minimum absolute atomic E-state index is 0.390. The predicted octanol–water partition coefficient (Wildman–Crippen LogP) is 1.78. The smallest absolute Gasteiger partial charge is 0.231 e. The highest BCUT2D eigenvalue weighted by Gasteiger charge is 2.24. The number of aromatic nitrogens is 2. The maximum absolute atomic E-state index is 5.46. The van der Waals surface area contributed by atoms with Crippen LogP contribution in [0.5, 0.6) is 5.88 Å². The van der Waals surface area contributed by atoms with E-state index in [0.717, 1.165) is 17.3 Å². The SMILES string of the molecule is Brc1cncnc1OC1CC1. The Morgan fingerprint density at radius 1 is 1.55 bits per heavy atom. The summed E-state index contributed by atoms with van der Waals surface area (Å²) in [4.78, 5) is 7.81. The molecule has 1 aromatic rings. The van der Waals surface area contributed by atoms with Crippen molar-refractivity contribution in [2.45, 2.75) is 18.9 Å². The molecule has 0 amide bonds.